The van der Waals surface area contributed by atoms with Gasteiger partial charge < -0.3 is 5.11 Å². The molecule has 1 aromatic rings. The zero-order valence-corrected chi connectivity index (χ0v) is 12.0. The van der Waals surface area contributed by atoms with Gasteiger partial charge in [0.1, 0.15) is 5.75 Å². The van der Waals surface area contributed by atoms with Crippen molar-refractivity contribution in [1.82, 2.24) is 4.90 Å². The lowest BCUT2D eigenvalue weighted by atomic mass is 10.0. The fraction of sp³-hybridized carbons (Fsp3) is 0.538. The predicted octanol–water partition coefficient (Wildman–Crippen LogP) is 3.63. The molecule has 1 unspecified atom stereocenters. The molecule has 0 saturated heterocycles. The van der Waals surface area contributed by atoms with E-state index in [2.05, 4.69) is 48.6 Å². The number of halogens is 1. The van der Waals surface area contributed by atoms with Gasteiger partial charge in [0.15, 0.2) is 0 Å². The van der Waals surface area contributed by atoms with E-state index in [-0.39, 0.29) is 0 Å². The van der Waals surface area contributed by atoms with Crippen LogP contribution in [-0.4, -0.2) is 23.1 Å². The van der Waals surface area contributed by atoms with Crippen molar-refractivity contribution in [3.63, 3.8) is 0 Å². The van der Waals surface area contributed by atoms with Crippen molar-refractivity contribution in [2.45, 2.75) is 33.4 Å². The maximum atomic E-state index is 9.76. The second-order valence-corrected chi connectivity index (χ2v) is 5.59. The summed E-state index contributed by atoms with van der Waals surface area (Å²) in [4.78, 5) is 2.26. The predicted molar refractivity (Wildman–Crippen MR) is 71.6 cm³/mol. The van der Waals surface area contributed by atoms with Crippen LogP contribution in [0.1, 0.15) is 26.3 Å². The first kappa shape index (κ1) is 13.5. The van der Waals surface area contributed by atoms with Gasteiger partial charge in [0.05, 0.1) is 0 Å². The van der Waals surface area contributed by atoms with Crippen LogP contribution in [-0.2, 0) is 6.54 Å². The molecule has 90 valence electrons. The Kier molecular flexibility index (Phi) is 4.81. The smallest absolute Gasteiger partial charge is 0.120 e. The summed E-state index contributed by atoms with van der Waals surface area (Å²) in [5.74, 6) is 0.977. The standard InChI is InChI=1S/C13H20BrNO/c1-9(2)10(3)15(4)8-11-7-12(14)5-6-13(11)16/h5-7,9-10,16H,8H2,1-4H3. The highest BCUT2D eigenvalue weighted by Crippen LogP contribution is 2.24. The molecule has 0 fully saturated rings. The number of nitrogens with zero attached hydrogens (tertiary/aromatic N) is 1. The third-order valence-electron chi connectivity index (χ3n) is 3.12. The van der Waals surface area contributed by atoms with Gasteiger partial charge >= 0.3 is 0 Å². The van der Waals surface area contributed by atoms with Crippen molar-refractivity contribution >= 4 is 15.9 Å². The largest absolute Gasteiger partial charge is 0.508 e. The molecule has 1 N–H and O–H groups in total. The third-order valence-corrected chi connectivity index (χ3v) is 3.61. The highest BCUT2D eigenvalue weighted by atomic mass is 79.9. The van der Waals surface area contributed by atoms with E-state index in [1.54, 1.807) is 6.07 Å². The van der Waals surface area contributed by atoms with E-state index in [0.29, 0.717) is 17.7 Å². The lowest BCUT2D eigenvalue weighted by molar-refractivity contribution is 0.198. The first-order valence-corrected chi connectivity index (χ1v) is 6.38. The maximum absolute atomic E-state index is 9.76. The molecule has 1 atom stereocenters. The minimum atomic E-state index is 0.367. The molecule has 1 aromatic carbocycles. The van der Waals surface area contributed by atoms with Gasteiger partial charge in [-0.25, -0.2) is 0 Å². The van der Waals surface area contributed by atoms with Crippen molar-refractivity contribution < 1.29 is 5.11 Å². The van der Waals surface area contributed by atoms with Gasteiger partial charge in [0, 0.05) is 22.6 Å². The van der Waals surface area contributed by atoms with Crippen LogP contribution in [0, 0.1) is 5.92 Å². The Bertz CT molecular complexity index is 352. The molecule has 0 spiro atoms. The molecule has 0 aliphatic carbocycles. The van der Waals surface area contributed by atoms with Crippen LogP contribution >= 0.6 is 15.9 Å². The SMILES string of the molecule is CC(C)C(C)N(C)Cc1cc(Br)ccc1O. The second kappa shape index (κ2) is 5.69. The Balaban J connectivity index is 2.76. The van der Waals surface area contributed by atoms with E-state index in [1.807, 2.05) is 12.1 Å². The van der Waals surface area contributed by atoms with E-state index >= 15 is 0 Å². The molecule has 16 heavy (non-hydrogen) atoms. The molecule has 0 bridgehead atoms. The van der Waals surface area contributed by atoms with Gasteiger partial charge in [-0.05, 0) is 38.1 Å². The van der Waals surface area contributed by atoms with E-state index in [4.69, 9.17) is 0 Å². The summed E-state index contributed by atoms with van der Waals surface area (Å²) < 4.78 is 1.01. The van der Waals surface area contributed by atoms with Crippen LogP contribution in [0.25, 0.3) is 0 Å². The summed E-state index contributed by atoms with van der Waals surface area (Å²) in [6, 6.07) is 6.05. The lowest BCUT2D eigenvalue weighted by Gasteiger charge is -2.28. The fourth-order valence-corrected chi connectivity index (χ4v) is 2.01. The van der Waals surface area contributed by atoms with E-state index in [0.717, 1.165) is 16.6 Å². The zero-order chi connectivity index (χ0) is 12.3. The Morgan fingerprint density at radius 2 is 1.94 bits per heavy atom. The molecule has 0 radical (unpaired) electrons. The molecule has 2 nitrogen and oxygen atoms in total. The van der Waals surface area contributed by atoms with Crippen LogP contribution in [0.3, 0.4) is 0 Å². The van der Waals surface area contributed by atoms with Gasteiger partial charge in [0.2, 0.25) is 0 Å². The minimum Gasteiger partial charge on any atom is -0.508 e. The minimum absolute atomic E-state index is 0.367. The highest BCUT2D eigenvalue weighted by Gasteiger charge is 2.14. The van der Waals surface area contributed by atoms with Crippen LogP contribution in [0.2, 0.25) is 0 Å². The van der Waals surface area contributed by atoms with Gasteiger partial charge in [-0.1, -0.05) is 29.8 Å². The first-order valence-electron chi connectivity index (χ1n) is 5.59. The molecule has 0 heterocycles. The van der Waals surface area contributed by atoms with Crippen molar-refractivity contribution in [2.75, 3.05) is 7.05 Å². The summed E-state index contributed by atoms with van der Waals surface area (Å²) in [6.07, 6.45) is 0. The van der Waals surface area contributed by atoms with Crippen molar-refractivity contribution in [3.05, 3.63) is 28.2 Å². The van der Waals surface area contributed by atoms with Gasteiger partial charge in [-0.15, -0.1) is 0 Å². The monoisotopic (exact) mass is 285 g/mol. The van der Waals surface area contributed by atoms with Gasteiger partial charge in [-0.2, -0.15) is 0 Å². The average Bonchev–Trinajstić information content (AvgIpc) is 2.22. The quantitative estimate of drug-likeness (QED) is 0.913. The number of hydrogen-bond donors (Lipinski definition) is 1. The number of aromatic hydroxyl groups is 1. The molecule has 0 amide bonds. The Hall–Kier alpha value is -0.540. The summed E-state index contributed by atoms with van der Waals surface area (Å²) >= 11 is 3.42. The number of rotatable bonds is 4. The van der Waals surface area contributed by atoms with E-state index in [9.17, 15) is 5.11 Å². The summed E-state index contributed by atoms with van der Waals surface area (Å²) in [5, 5.41) is 9.76. The van der Waals surface area contributed by atoms with Crippen molar-refractivity contribution in [2.24, 2.45) is 5.92 Å². The molecule has 1 rings (SSSR count). The van der Waals surface area contributed by atoms with Crippen LogP contribution in [0.15, 0.2) is 22.7 Å². The average molecular weight is 286 g/mol. The fourth-order valence-electron chi connectivity index (χ4n) is 1.60. The van der Waals surface area contributed by atoms with E-state index < -0.39 is 0 Å². The lowest BCUT2D eigenvalue weighted by Crippen LogP contribution is -2.32. The first-order chi connectivity index (χ1) is 7.41. The van der Waals surface area contributed by atoms with Crippen LogP contribution < -0.4 is 0 Å². The van der Waals surface area contributed by atoms with Crippen molar-refractivity contribution in [3.8, 4) is 5.75 Å². The zero-order valence-electron chi connectivity index (χ0n) is 10.4. The number of phenolic OH excluding ortho intramolecular Hbond substituents is 1. The Morgan fingerprint density at radius 1 is 1.31 bits per heavy atom. The molecule has 0 aliphatic heterocycles. The number of benzene rings is 1. The summed E-state index contributed by atoms with van der Waals surface area (Å²) in [5.41, 5.74) is 0.962. The van der Waals surface area contributed by atoms with Crippen LogP contribution in [0.5, 0.6) is 5.75 Å². The Morgan fingerprint density at radius 3 is 2.50 bits per heavy atom. The normalized spacial score (nSPS) is 13.4. The van der Waals surface area contributed by atoms with Crippen LogP contribution in [0.4, 0.5) is 0 Å². The summed E-state index contributed by atoms with van der Waals surface area (Å²) in [6.45, 7) is 7.40. The third kappa shape index (κ3) is 3.49. The molecular formula is C13H20BrNO. The Labute approximate surface area is 106 Å². The number of hydrogen-bond acceptors (Lipinski definition) is 2. The topological polar surface area (TPSA) is 23.5 Å². The molecular weight excluding hydrogens is 266 g/mol. The van der Waals surface area contributed by atoms with E-state index in [1.165, 1.54) is 0 Å². The summed E-state index contributed by atoms with van der Waals surface area (Å²) in [7, 11) is 2.09. The molecule has 3 heteroatoms. The maximum Gasteiger partial charge on any atom is 0.120 e. The second-order valence-electron chi connectivity index (χ2n) is 4.67. The number of phenols is 1. The molecule has 0 saturated carbocycles. The van der Waals surface area contributed by atoms with Gasteiger partial charge in [0.25, 0.3) is 0 Å². The highest BCUT2D eigenvalue weighted by molar-refractivity contribution is 9.10. The van der Waals surface area contributed by atoms with Crippen molar-refractivity contribution in [1.29, 1.82) is 0 Å². The molecule has 0 aliphatic rings. The van der Waals surface area contributed by atoms with Gasteiger partial charge in [-0.3, -0.25) is 4.90 Å². The molecule has 0 aromatic heterocycles.